The quantitative estimate of drug-likeness (QED) is 0.870. The van der Waals surface area contributed by atoms with Crippen LogP contribution >= 0.6 is 0 Å². The van der Waals surface area contributed by atoms with Gasteiger partial charge in [-0.2, -0.15) is 0 Å². The van der Waals surface area contributed by atoms with Gasteiger partial charge in [-0.05, 0) is 38.6 Å². The van der Waals surface area contributed by atoms with Crippen molar-refractivity contribution >= 4 is 11.6 Å². The molecule has 1 aliphatic rings. The maximum atomic E-state index is 12.1. The van der Waals surface area contributed by atoms with E-state index in [2.05, 4.69) is 16.9 Å². The van der Waals surface area contributed by atoms with E-state index in [1.54, 1.807) is 12.3 Å². The van der Waals surface area contributed by atoms with Crippen LogP contribution in [0.4, 0.5) is 5.69 Å². The Morgan fingerprint density at radius 1 is 1.58 bits per heavy atom. The highest BCUT2D eigenvalue weighted by Crippen LogP contribution is 2.15. The highest BCUT2D eigenvalue weighted by Gasteiger charge is 2.23. The number of hydrogen-bond acceptors (Lipinski definition) is 4. The zero-order valence-corrected chi connectivity index (χ0v) is 11.7. The number of nitrogens with two attached hydrogens (primary N) is 1. The molecule has 1 atom stereocenters. The summed E-state index contributed by atoms with van der Waals surface area (Å²) in [6.07, 6.45) is 4.33. The fourth-order valence-corrected chi connectivity index (χ4v) is 2.46. The number of nitrogen functional groups attached to an aromatic ring is 1. The van der Waals surface area contributed by atoms with Gasteiger partial charge in [-0.15, -0.1) is 0 Å². The summed E-state index contributed by atoms with van der Waals surface area (Å²) in [5.41, 5.74) is 6.97. The van der Waals surface area contributed by atoms with Gasteiger partial charge in [0, 0.05) is 25.3 Å². The van der Waals surface area contributed by atoms with E-state index in [9.17, 15) is 4.79 Å². The summed E-state index contributed by atoms with van der Waals surface area (Å²) >= 11 is 0. The molecule has 1 aromatic heterocycles. The minimum absolute atomic E-state index is 0.109. The van der Waals surface area contributed by atoms with Crippen molar-refractivity contribution in [1.29, 1.82) is 0 Å². The van der Waals surface area contributed by atoms with Crippen molar-refractivity contribution in [2.45, 2.75) is 25.3 Å². The maximum Gasteiger partial charge on any atom is 0.228 e. The number of pyridine rings is 1. The fourth-order valence-electron chi connectivity index (χ4n) is 2.46. The first-order chi connectivity index (χ1) is 9.06. The van der Waals surface area contributed by atoms with Gasteiger partial charge in [-0.3, -0.25) is 9.78 Å². The zero-order chi connectivity index (χ0) is 13.8. The lowest BCUT2D eigenvalue weighted by atomic mass is 10.2. The summed E-state index contributed by atoms with van der Waals surface area (Å²) in [4.78, 5) is 20.4. The molecule has 1 aliphatic heterocycles. The molecule has 5 heteroatoms. The highest BCUT2D eigenvalue weighted by atomic mass is 16.2. The van der Waals surface area contributed by atoms with Gasteiger partial charge in [0.2, 0.25) is 5.91 Å². The van der Waals surface area contributed by atoms with E-state index in [1.807, 2.05) is 18.0 Å². The molecule has 0 radical (unpaired) electrons. The van der Waals surface area contributed by atoms with Crippen molar-refractivity contribution < 1.29 is 4.79 Å². The van der Waals surface area contributed by atoms with Gasteiger partial charge in [0.15, 0.2) is 0 Å². The van der Waals surface area contributed by atoms with Gasteiger partial charge in [0.05, 0.1) is 18.3 Å². The number of amides is 1. The molecule has 0 aliphatic carbocycles. The molecule has 104 valence electrons. The Kier molecular flexibility index (Phi) is 4.37. The Morgan fingerprint density at radius 2 is 2.37 bits per heavy atom. The fraction of sp³-hybridized carbons (Fsp3) is 0.571. The van der Waals surface area contributed by atoms with Crippen LogP contribution in [0.5, 0.6) is 0 Å². The molecule has 19 heavy (non-hydrogen) atoms. The van der Waals surface area contributed by atoms with Crippen LogP contribution in [0.1, 0.15) is 18.5 Å². The number of aromatic nitrogens is 1. The first-order valence-corrected chi connectivity index (χ1v) is 6.71. The first-order valence-electron chi connectivity index (χ1n) is 6.71. The van der Waals surface area contributed by atoms with Crippen molar-refractivity contribution in [3.63, 3.8) is 0 Å². The third-order valence-electron chi connectivity index (χ3n) is 3.76. The lowest BCUT2D eigenvalue weighted by molar-refractivity contribution is -0.129. The second kappa shape index (κ2) is 6.02. The molecule has 2 rings (SSSR count). The molecule has 2 N–H and O–H groups in total. The topological polar surface area (TPSA) is 62.5 Å². The van der Waals surface area contributed by atoms with Crippen LogP contribution in [0.25, 0.3) is 0 Å². The molecule has 1 amide bonds. The summed E-state index contributed by atoms with van der Waals surface area (Å²) in [6.45, 7) is 1.93. The summed E-state index contributed by atoms with van der Waals surface area (Å²) in [6, 6.07) is 4.08. The summed E-state index contributed by atoms with van der Waals surface area (Å²) in [7, 11) is 3.99. The van der Waals surface area contributed by atoms with Crippen LogP contribution in [0.2, 0.25) is 0 Å². The Labute approximate surface area is 114 Å². The predicted molar refractivity (Wildman–Crippen MR) is 75.6 cm³/mol. The molecular weight excluding hydrogens is 240 g/mol. The van der Waals surface area contributed by atoms with E-state index < -0.39 is 0 Å². The Hall–Kier alpha value is -1.62. The minimum Gasteiger partial charge on any atom is -0.397 e. The molecule has 1 fully saturated rings. The van der Waals surface area contributed by atoms with Gasteiger partial charge < -0.3 is 15.5 Å². The molecule has 1 unspecified atom stereocenters. The number of likely N-dealkylation sites (tertiary alicyclic amines) is 1. The molecular formula is C14H22N4O. The third-order valence-corrected chi connectivity index (χ3v) is 3.76. The smallest absolute Gasteiger partial charge is 0.228 e. The number of likely N-dealkylation sites (N-methyl/N-ethyl adjacent to an activating group) is 2. The van der Waals surface area contributed by atoms with Crippen molar-refractivity contribution in [3.05, 3.63) is 24.0 Å². The standard InChI is InChI=1S/C14H22N4O/c1-17-7-3-4-13(17)10-18(2)14(19)8-12-6-5-11(15)9-16-12/h5-6,9,13H,3-4,7-8,10,15H2,1-2H3. The number of carbonyl (C=O) groups is 1. The van der Waals surface area contributed by atoms with E-state index >= 15 is 0 Å². The van der Waals surface area contributed by atoms with Crippen LogP contribution in [-0.4, -0.2) is 53.9 Å². The van der Waals surface area contributed by atoms with Crippen LogP contribution in [0.3, 0.4) is 0 Å². The van der Waals surface area contributed by atoms with Crippen molar-refractivity contribution in [3.8, 4) is 0 Å². The first kappa shape index (κ1) is 13.8. The molecule has 2 heterocycles. The molecule has 0 aromatic carbocycles. The molecule has 0 spiro atoms. The number of nitrogens with zero attached hydrogens (tertiary/aromatic N) is 3. The molecule has 5 nitrogen and oxygen atoms in total. The maximum absolute atomic E-state index is 12.1. The second-order valence-electron chi connectivity index (χ2n) is 5.31. The molecule has 1 aromatic rings. The van der Waals surface area contributed by atoms with Gasteiger partial charge in [-0.25, -0.2) is 0 Å². The normalized spacial score (nSPS) is 19.6. The van der Waals surface area contributed by atoms with Crippen LogP contribution in [0.15, 0.2) is 18.3 Å². The summed E-state index contributed by atoms with van der Waals surface area (Å²) in [5, 5.41) is 0. The van der Waals surface area contributed by atoms with E-state index in [0.717, 1.165) is 18.8 Å². The molecule has 0 saturated carbocycles. The Morgan fingerprint density at radius 3 is 2.95 bits per heavy atom. The van der Waals surface area contributed by atoms with Crippen molar-refractivity contribution in [1.82, 2.24) is 14.8 Å². The second-order valence-corrected chi connectivity index (χ2v) is 5.31. The lowest BCUT2D eigenvalue weighted by Crippen LogP contribution is -2.40. The lowest BCUT2D eigenvalue weighted by Gasteiger charge is -2.25. The summed E-state index contributed by atoms with van der Waals surface area (Å²) in [5.74, 6) is 0.109. The average molecular weight is 262 g/mol. The van der Waals surface area contributed by atoms with E-state index in [0.29, 0.717) is 18.2 Å². The highest BCUT2D eigenvalue weighted by molar-refractivity contribution is 5.78. The van der Waals surface area contributed by atoms with Gasteiger partial charge in [0.25, 0.3) is 0 Å². The number of anilines is 1. The van der Waals surface area contributed by atoms with Crippen molar-refractivity contribution in [2.24, 2.45) is 0 Å². The number of hydrogen-bond donors (Lipinski definition) is 1. The third kappa shape index (κ3) is 3.67. The molecule has 1 saturated heterocycles. The average Bonchev–Trinajstić information content (AvgIpc) is 2.78. The van der Waals surface area contributed by atoms with Crippen LogP contribution in [0, 0.1) is 0 Å². The minimum atomic E-state index is 0.109. The van der Waals surface area contributed by atoms with Gasteiger partial charge in [-0.1, -0.05) is 0 Å². The SMILES string of the molecule is CN(CC1CCCN1C)C(=O)Cc1ccc(N)cn1. The van der Waals surface area contributed by atoms with Gasteiger partial charge >= 0.3 is 0 Å². The van der Waals surface area contributed by atoms with E-state index in [4.69, 9.17) is 5.73 Å². The Balaban J connectivity index is 1.86. The van der Waals surface area contributed by atoms with E-state index in [1.165, 1.54) is 12.8 Å². The van der Waals surface area contributed by atoms with Crippen molar-refractivity contribution in [2.75, 3.05) is 32.9 Å². The van der Waals surface area contributed by atoms with E-state index in [-0.39, 0.29) is 5.91 Å². The van der Waals surface area contributed by atoms with Gasteiger partial charge in [0.1, 0.15) is 0 Å². The predicted octanol–water partition coefficient (Wildman–Crippen LogP) is 0.759. The largest absolute Gasteiger partial charge is 0.397 e. The Bertz CT molecular complexity index is 432. The monoisotopic (exact) mass is 262 g/mol. The number of carbonyl (C=O) groups excluding carboxylic acids is 1. The van der Waals surface area contributed by atoms with Crippen LogP contribution < -0.4 is 5.73 Å². The zero-order valence-electron chi connectivity index (χ0n) is 11.7. The van der Waals surface area contributed by atoms with Crippen LogP contribution in [-0.2, 0) is 11.2 Å². The number of rotatable bonds is 4. The molecule has 0 bridgehead atoms. The summed E-state index contributed by atoms with van der Waals surface area (Å²) < 4.78 is 0.